The van der Waals surface area contributed by atoms with Crippen LogP contribution < -0.4 is 30.2 Å². The van der Waals surface area contributed by atoms with E-state index in [0.29, 0.717) is 30.5 Å². The fourth-order valence-corrected chi connectivity index (χ4v) is 3.59. The van der Waals surface area contributed by atoms with Crippen molar-refractivity contribution in [3.05, 3.63) is 66.0 Å². The normalized spacial score (nSPS) is 12.3. The van der Waals surface area contributed by atoms with Crippen LogP contribution in [0.25, 0.3) is 6.08 Å². The Morgan fingerprint density at radius 1 is 1.00 bits per heavy atom. The van der Waals surface area contributed by atoms with Gasteiger partial charge in [-0.2, -0.15) is 0 Å². The molecule has 0 aliphatic carbocycles. The van der Waals surface area contributed by atoms with Gasteiger partial charge in [0.25, 0.3) is 0 Å². The van der Waals surface area contributed by atoms with E-state index < -0.39 is 0 Å². The predicted octanol–water partition coefficient (Wildman–Crippen LogP) is 4.81. The monoisotopic (exact) mass is 418 g/mol. The summed E-state index contributed by atoms with van der Waals surface area (Å²) in [5.41, 5.74) is 10.7. The Bertz CT molecular complexity index is 1110. The highest BCUT2D eigenvalue weighted by atomic mass is 16.5. The highest BCUT2D eigenvalue weighted by Gasteiger charge is 2.20. The molecular weight excluding hydrogens is 392 g/mol. The number of nitrogen functional groups attached to an aromatic ring is 1. The third kappa shape index (κ3) is 4.21. The zero-order valence-electron chi connectivity index (χ0n) is 17.9. The second-order valence-corrected chi connectivity index (χ2v) is 7.00. The standard InChI is InChI=1S/C24H26N4O3/c1-4-31-21-8-6-5-7-19(21)26-20-14-24(25)27-18-11-12-28(15-17(18)20)16-9-10-22(29-2)23(13-16)30-3/h5-14H,4,15H2,1-3H3,(H3,25,26,27). The first-order valence-electron chi connectivity index (χ1n) is 10.1. The number of para-hydroxylation sites is 2. The third-order valence-electron chi connectivity index (χ3n) is 5.07. The molecule has 7 heteroatoms. The van der Waals surface area contributed by atoms with Crippen molar-refractivity contribution < 1.29 is 14.2 Å². The van der Waals surface area contributed by atoms with Crippen LogP contribution in [-0.4, -0.2) is 25.8 Å². The molecule has 31 heavy (non-hydrogen) atoms. The number of benzene rings is 2. The number of methoxy groups -OCH3 is 2. The lowest BCUT2D eigenvalue weighted by atomic mass is 10.1. The summed E-state index contributed by atoms with van der Waals surface area (Å²) < 4.78 is 16.6. The average Bonchev–Trinajstić information content (AvgIpc) is 2.79. The van der Waals surface area contributed by atoms with E-state index in [1.165, 1.54) is 0 Å². The number of rotatable bonds is 7. The summed E-state index contributed by atoms with van der Waals surface area (Å²) in [4.78, 5) is 6.64. The van der Waals surface area contributed by atoms with E-state index in [1.807, 2.05) is 67.7 Å². The van der Waals surface area contributed by atoms with Gasteiger partial charge in [-0.1, -0.05) is 12.1 Å². The quantitative estimate of drug-likeness (QED) is 0.569. The molecule has 0 radical (unpaired) electrons. The molecule has 4 rings (SSSR count). The summed E-state index contributed by atoms with van der Waals surface area (Å²) >= 11 is 0. The topological polar surface area (TPSA) is 81.9 Å². The maximum Gasteiger partial charge on any atom is 0.162 e. The first kappa shape index (κ1) is 20.4. The minimum Gasteiger partial charge on any atom is -0.493 e. The van der Waals surface area contributed by atoms with Gasteiger partial charge in [-0.15, -0.1) is 0 Å². The van der Waals surface area contributed by atoms with E-state index in [4.69, 9.17) is 19.9 Å². The smallest absolute Gasteiger partial charge is 0.162 e. The fraction of sp³-hybridized carbons (Fsp3) is 0.208. The predicted molar refractivity (Wildman–Crippen MR) is 124 cm³/mol. The number of nitrogens with two attached hydrogens (primary N) is 1. The van der Waals surface area contributed by atoms with Gasteiger partial charge in [0.15, 0.2) is 11.5 Å². The lowest BCUT2D eigenvalue weighted by molar-refractivity contribution is 0.342. The molecule has 0 atom stereocenters. The Hall–Kier alpha value is -3.87. The van der Waals surface area contributed by atoms with Crippen LogP contribution >= 0.6 is 0 Å². The largest absolute Gasteiger partial charge is 0.493 e. The average molecular weight is 418 g/mol. The van der Waals surface area contributed by atoms with Crippen molar-refractivity contribution in [3.63, 3.8) is 0 Å². The Morgan fingerprint density at radius 3 is 2.58 bits per heavy atom. The highest BCUT2D eigenvalue weighted by molar-refractivity contribution is 5.76. The van der Waals surface area contributed by atoms with Gasteiger partial charge in [0.1, 0.15) is 11.6 Å². The van der Waals surface area contributed by atoms with Crippen molar-refractivity contribution in [1.82, 2.24) is 4.98 Å². The molecular formula is C24H26N4O3. The maximum atomic E-state index is 6.09. The summed E-state index contributed by atoms with van der Waals surface area (Å²) in [6.07, 6.45) is 3.96. The van der Waals surface area contributed by atoms with Crippen LogP contribution in [-0.2, 0) is 6.54 Å². The van der Waals surface area contributed by atoms with Crippen LogP contribution in [0.4, 0.5) is 22.9 Å². The maximum absolute atomic E-state index is 6.09. The van der Waals surface area contributed by atoms with Crippen LogP contribution in [0.1, 0.15) is 18.2 Å². The van der Waals surface area contributed by atoms with E-state index in [2.05, 4.69) is 15.2 Å². The molecule has 0 amide bonds. The number of hydrogen-bond acceptors (Lipinski definition) is 7. The zero-order chi connectivity index (χ0) is 21.8. The Balaban J connectivity index is 1.68. The zero-order valence-corrected chi connectivity index (χ0v) is 17.9. The molecule has 0 unspecified atom stereocenters. The van der Waals surface area contributed by atoms with Crippen LogP contribution in [0.3, 0.4) is 0 Å². The molecule has 160 valence electrons. The van der Waals surface area contributed by atoms with Gasteiger partial charge in [0.05, 0.1) is 38.8 Å². The molecule has 0 fully saturated rings. The first-order valence-corrected chi connectivity index (χ1v) is 10.1. The van der Waals surface area contributed by atoms with Crippen molar-refractivity contribution in [2.75, 3.05) is 36.8 Å². The molecule has 2 heterocycles. The van der Waals surface area contributed by atoms with Gasteiger partial charge in [-0.25, -0.2) is 4.98 Å². The minimum absolute atomic E-state index is 0.458. The van der Waals surface area contributed by atoms with E-state index in [0.717, 1.165) is 34.1 Å². The van der Waals surface area contributed by atoms with Gasteiger partial charge in [-0.3, -0.25) is 0 Å². The molecule has 2 aromatic carbocycles. The highest BCUT2D eigenvalue weighted by Crippen LogP contribution is 2.37. The van der Waals surface area contributed by atoms with E-state index in [-0.39, 0.29) is 0 Å². The first-order chi connectivity index (χ1) is 15.1. The summed E-state index contributed by atoms with van der Waals surface area (Å²) in [5, 5.41) is 3.49. The van der Waals surface area contributed by atoms with E-state index >= 15 is 0 Å². The molecule has 1 aromatic heterocycles. The van der Waals surface area contributed by atoms with Gasteiger partial charge >= 0.3 is 0 Å². The van der Waals surface area contributed by atoms with Gasteiger partial charge in [-0.05, 0) is 37.3 Å². The van der Waals surface area contributed by atoms with Crippen molar-refractivity contribution in [3.8, 4) is 17.2 Å². The van der Waals surface area contributed by atoms with Gasteiger partial charge in [0.2, 0.25) is 0 Å². The van der Waals surface area contributed by atoms with Crippen LogP contribution in [0, 0.1) is 0 Å². The molecule has 0 spiro atoms. The minimum atomic E-state index is 0.458. The lowest BCUT2D eigenvalue weighted by Crippen LogP contribution is -2.21. The van der Waals surface area contributed by atoms with Gasteiger partial charge < -0.3 is 30.2 Å². The molecule has 0 saturated carbocycles. The van der Waals surface area contributed by atoms with Crippen molar-refractivity contribution in [1.29, 1.82) is 0 Å². The van der Waals surface area contributed by atoms with Crippen LogP contribution in [0.15, 0.2) is 54.7 Å². The number of pyridine rings is 1. The molecule has 3 N–H and O–H groups in total. The number of anilines is 4. The fourth-order valence-electron chi connectivity index (χ4n) is 3.59. The molecule has 0 saturated heterocycles. The van der Waals surface area contributed by atoms with Crippen molar-refractivity contribution >= 4 is 29.0 Å². The summed E-state index contributed by atoms with van der Waals surface area (Å²) in [6.45, 7) is 3.17. The van der Waals surface area contributed by atoms with Gasteiger partial charge in [0, 0.05) is 35.3 Å². The van der Waals surface area contributed by atoms with Crippen LogP contribution in [0.2, 0.25) is 0 Å². The van der Waals surface area contributed by atoms with Crippen molar-refractivity contribution in [2.24, 2.45) is 0 Å². The molecule has 7 nitrogen and oxygen atoms in total. The molecule has 1 aliphatic rings. The summed E-state index contributed by atoms with van der Waals surface area (Å²) in [6, 6.07) is 15.6. The van der Waals surface area contributed by atoms with E-state index in [9.17, 15) is 0 Å². The Morgan fingerprint density at radius 2 is 1.81 bits per heavy atom. The SMILES string of the molecule is CCOc1ccccc1Nc1cc(N)nc2c1CN(c1ccc(OC)c(OC)c1)C=C2. The van der Waals surface area contributed by atoms with Crippen LogP contribution in [0.5, 0.6) is 17.2 Å². The number of fused-ring (bicyclic) bond motifs is 1. The summed E-state index contributed by atoms with van der Waals surface area (Å²) in [7, 11) is 3.26. The second-order valence-electron chi connectivity index (χ2n) is 7.00. The molecule has 1 aliphatic heterocycles. The number of hydrogen-bond donors (Lipinski definition) is 2. The number of ether oxygens (including phenoxy) is 3. The Labute approximate surface area is 182 Å². The van der Waals surface area contributed by atoms with E-state index in [1.54, 1.807) is 14.2 Å². The Kier molecular flexibility index (Phi) is 5.84. The molecule has 3 aromatic rings. The number of nitrogens with zero attached hydrogens (tertiary/aromatic N) is 2. The third-order valence-corrected chi connectivity index (χ3v) is 5.07. The lowest BCUT2D eigenvalue weighted by Gasteiger charge is -2.28. The number of aromatic nitrogens is 1. The summed E-state index contributed by atoms with van der Waals surface area (Å²) in [5.74, 6) is 2.62. The second kappa shape index (κ2) is 8.87. The molecule has 0 bridgehead atoms. The van der Waals surface area contributed by atoms with Crippen molar-refractivity contribution in [2.45, 2.75) is 13.5 Å². The number of nitrogens with one attached hydrogen (secondary N) is 1.